The molecule has 2 amide bonds. The standard InChI is InChI=1S/C25H28ClN3O2/c26-21-4-3-20(19-2-1-5-27-22(19)21)23(30)28-6-8-29(9-7-28)24(31)25-13-16-10-17(14-25)12-18(11-16)15-25/h1-5,16-18H,6-15H2. The van der Waals surface area contributed by atoms with Gasteiger partial charge in [0.25, 0.3) is 5.91 Å². The number of halogens is 1. The molecule has 31 heavy (non-hydrogen) atoms. The first-order valence-electron chi connectivity index (χ1n) is 11.6. The molecule has 4 bridgehead atoms. The van der Waals surface area contributed by atoms with Crippen molar-refractivity contribution in [3.8, 4) is 0 Å². The van der Waals surface area contributed by atoms with Crippen LogP contribution in [0.1, 0.15) is 48.9 Å². The zero-order valence-corrected chi connectivity index (χ0v) is 18.5. The topological polar surface area (TPSA) is 53.5 Å². The van der Waals surface area contributed by atoms with E-state index in [2.05, 4.69) is 9.88 Å². The first kappa shape index (κ1) is 19.5. The van der Waals surface area contributed by atoms with E-state index >= 15 is 0 Å². The quantitative estimate of drug-likeness (QED) is 0.700. The Morgan fingerprint density at radius 3 is 2.16 bits per heavy atom. The van der Waals surface area contributed by atoms with Gasteiger partial charge in [-0.1, -0.05) is 17.7 Å². The molecular formula is C25H28ClN3O2. The summed E-state index contributed by atoms with van der Waals surface area (Å²) in [6, 6.07) is 7.27. The van der Waals surface area contributed by atoms with Gasteiger partial charge in [0.1, 0.15) is 0 Å². The second kappa shape index (κ2) is 7.19. The van der Waals surface area contributed by atoms with Crippen molar-refractivity contribution in [1.29, 1.82) is 0 Å². The highest BCUT2D eigenvalue weighted by molar-refractivity contribution is 6.35. The second-order valence-electron chi connectivity index (χ2n) is 10.3. The monoisotopic (exact) mass is 437 g/mol. The number of rotatable bonds is 2. The zero-order chi connectivity index (χ0) is 21.2. The zero-order valence-electron chi connectivity index (χ0n) is 17.7. The molecule has 2 aromatic rings. The van der Waals surface area contributed by atoms with Crippen molar-refractivity contribution in [1.82, 2.24) is 14.8 Å². The molecule has 5 fully saturated rings. The Balaban J connectivity index is 1.17. The van der Waals surface area contributed by atoms with Crippen molar-refractivity contribution in [2.24, 2.45) is 23.2 Å². The number of hydrogen-bond acceptors (Lipinski definition) is 3. The lowest BCUT2D eigenvalue weighted by atomic mass is 9.49. The van der Waals surface area contributed by atoms with Crippen molar-refractivity contribution < 1.29 is 9.59 Å². The Kier molecular flexibility index (Phi) is 4.53. The number of carbonyl (C=O) groups excluding carboxylic acids is 2. The summed E-state index contributed by atoms with van der Waals surface area (Å²) in [5.74, 6) is 2.68. The lowest BCUT2D eigenvalue weighted by molar-refractivity contribution is -0.159. The van der Waals surface area contributed by atoms with Crippen LogP contribution in [0.2, 0.25) is 5.02 Å². The molecule has 7 rings (SSSR count). The van der Waals surface area contributed by atoms with Gasteiger partial charge in [-0.15, -0.1) is 0 Å². The normalized spacial score (nSPS) is 32.0. The van der Waals surface area contributed by atoms with Crippen LogP contribution in [0.4, 0.5) is 0 Å². The molecule has 5 aliphatic rings. The number of pyridine rings is 1. The summed E-state index contributed by atoms with van der Waals surface area (Å²) < 4.78 is 0. The average Bonchev–Trinajstić information content (AvgIpc) is 2.78. The summed E-state index contributed by atoms with van der Waals surface area (Å²) in [4.78, 5) is 35.2. The van der Waals surface area contributed by atoms with E-state index in [4.69, 9.17) is 11.6 Å². The van der Waals surface area contributed by atoms with Crippen molar-refractivity contribution in [2.45, 2.75) is 38.5 Å². The predicted molar refractivity (Wildman–Crippen MR) is 120 cm³/mol. The molecule has 0 N–H and O–H groups in total. The molecule has 6 heteroatoms. The number of carbonyl (C=O) groups is 2. The van der Waals surface area contributed by atoms with Gasteiger partial charge >= 0.3 is 0 Å². The van der Waals surface area contributed by atoms with Gasteiger partial charge in [0.2, 0.25) is 5.91 Å². The van der Waals surface area contributed by atoms with E-state index in [0.717, 1.165) is 42.4 Å². The number of hydrogen-bond donors (Lipinski definition) is 0. The van der Waals surface area contributed by atoms with Crippen LogP contribution in [-0.2, 0) is 4.79 Å². The molecule has 1 saturated heterocycles. The molecular weight excluding hydrogens is 410 g/mol. The Bertz CT molecular complexity index is 1020. The number of nitrogens with zero attached hydrogens (tertiary/aromatic N) is 3. The van der Waals surface area contributed by atoms with Gasteiger partial charge in [-0.3, -0.25) is 14.6 Å². The van der Waals surface area contributed by atoms with Gasteiger partial charge in [-0.25, -0.2) is 0 Å². The highest BCUT2D eigenvalue weighted by Crippen LogP contribution is 2.60. The summed E-state index contributed by atoms with van der Waals surface area (Å²) in [6.45, 7) is 2.44. The largest absolute Gasteiger partial charge is 0.339 e. The van der Waals surface area contributed by atoms with Crippen LogP contribution in [0.5, 0.6) is 0 Å². The molecule has 1 aromatic heterocycles. The average molecular weight is 438 g/mol. The molecule has 0 unspecified atom stereocenters. The molecule has 4 aliphatic carbocycles. The van der Waals surface area contributed by atoms with Gasteiger partial charge in [-0.2, -0.15) is 0 Å². The molecule has 4 saturated carbocycles. The molecule has 0 atom stereocenters. The first-order chi connectivity index (χ1) is 15.0. The van der Waals surface area contributed by atoms with Gasteiger partial charge in [0.05, 0.1) is 16.0 Å². The number of amides is 2. The molecule has 5 nitrogen and oxygen atoms in total. The van der Waals surface area contributed by atoms with Crippen molar-refractivity contribution >= 4 is 34.3 Å². The van der Waals surface area contributed by atoms with E-state index in [1.165, 1.54) is 19.3 Å². The van der Waals surface area contributed by atoms with Crippen LogP contribution in [0.25, 0.3) is 10.9 Å². The van der Waals surface area contributed by atoms with Crippen LogP contribution < -0.4 is 0 Å². The Morgan fingerprint density at radius 1 is 0.903 bits per heavy atom. The smallest absolute Gasteiger partial charge is 0.254 e. The van der Waals surface area contributed by atoms with E-state index in [1.54, 1.807) is 18.3 Å². The Labute approximate surface area is 187 Å². The van der Waals surface area contributed by atoms with Gasteiger partial charge in [-0.05, 0) is 74.5 Å². The minimum absolute atomic E-state index is 0.00318. The first-order valence-corrected chi connectivity index (χ1v) is 12.0. The van der Waals surface area contributed by atoms with E-state index in [-0.39, 0.29) is 11.3 Å². The molecule has 1 aromatic carbocycles. The second-order valence-corrected chi connectivity index (χ2v) is 10.7. The number of benzene rings is 1. The third-order valence-electron chi connectivity index (χ3n) is 8.30. The molecule has 1 aliphatic heterocycles. The van der Waals surface area contributed by atoms with Crippen LogP contribution in [0.3, 0.4) is 0 Å². The van der Waals surface area contributed by atoms with E-state index in [9.17, 15) is 9.59 Å². The van der Waals surface area contributed by atoms with Crippen molar-refractivity contribution in [2.75, 3.05) is 26.2 Å². The lowest BCUT2D eigenvalue weighted by Gasteiger charge is -2.57. The fraction of sp³-hybridized carbons (Fsp3) is 0.560. The van der Waals surface area contributed by atoms with Crippen LogP contribution in [-0.4, -0.2) is 52.8 Å². The summed E-state index contributed by atoms with van der Waals surface area (Å²) in [5.41, 5.74) is 1.19. The number of piperazine rings is 1. The van der Waals surface area contributed by atoms with Gasteiger partial charge in [0, 0.05) is 43.3 Å². The summed E-state index contributed by atoms with van der Waals surface area (Å²) in [6.07, 6.45) is 9.02. The maximum Gasteiger partial charge on any atom is 0.254 e. The summed E-state index contributed by atoms with van der Waals surface area (Å²) >= 11 is 6.27. The minimum atomic E-state index is -0.0982. The number of fused-ring (bicyclic) bond motifs is 1. The Hall–Kier alpha value is -2.14. The fourth-order valence-corrected chi connectivity index (χ4v) is 7.53. The Morgan fingerprint density at radius 2 is 1.52 bits per heavy atom. The highest BCUT2D eigenvalue weighted by atomic mass is 35.5. The van der Waals surface area contributed by atoms with Crippen molar-refractivity contribution in [3.05, 3.63) is 41.0 Å². The summed E-state index contributed by atoms with van der Waals surface area (Å²) in [7, 11) is 0. The van der Waals surface area contributed by atoms with Gasteiger partial charge in [0.15, 0.2) is 0 Å². The highest BCUT2D eigenvalue weighted by Gasteiger charge is 2.55. The van der Waals surface area contributed by atoms with Crippen LogP contribution >= 0.6 is 11.6 Å². The third kappa shape index (κ3) is 3.15. The third-order valence-corrected chi connectivity index (χ3v) is 8.60. The predicted octanol–water partition coefficient (Wildman–Crippen LogP) is 4.39. The number of aromatic nitrogens is 1. The van der Waals surface area contributed by atoms with E-state index in [1.807, 2.05) is 17.0 Å². The van der Waals surface area contributed by atoms with E-state index in [0.29, 0.717) is 48.2 Å². The maximum atomic E-state index is 13.6. The lowest BCUT2D eigenvalue weighted by Crippen LogP contribution is -2.58. The molecule has 0 radical (unpaired) electrons. The van der Waals surface area contributed by atoms with E-state index < -0.39 is 0 Å². The fourth-order valence-electron chi connectivity index (χ4n) is 7.32. The van der Waals surface area contributed by atoms with Gasteiger partial charge < -0.3 is 9.80 Å². The van der Waals surface area contributed by atoms with Crippen LogP contribution in [0, 0.1) is 23.2 Å². The maximum absolute atomic E-state index is 13.6. The molecule has 2 heterocycles. The molecule has 162 valence electrons. The van der Waals surface area contributed by atoms with Crippen molar-refractivity contribution in [3.63, 3.8) is 0 Å². The SMILES string of the molecule is O=C(c1ccc(Cl)c2ncccc12)N1CCN(C(=O)C23CC4CC(CC(C4)C2)C3)CC1. The minimum Gasteiger partial charge on any atom is -0.339 e. The summed E-state index contributed by atoms with van der Waals surface area (Å²) in [5, 5.41) is 1.34. The van der Waals surface area contributed by atoms with Crippen LogP contribution in [0.15, 0.2) is 30.5 Å². The molecule has 0 spiro atoms.